The molecule has 0 saturated carbocycles. The Balaban J connectivity index is 3.75. The van der Waals surface area contributed by atoms with Gasteiger partial charge in [0.1, 0.15) is 0 Å². The van der Waals surface area contributed by atoms with Crippen molar-refractivity contribution in [3.8, 4) is 0 Å². The van der Waals surface area contributed by atoms with Gasteiger partial charge >= 0.3 is 5.97 Å². The maximum Gasteiger partial charge on any atom is 0.306 e. The number of carbonyl (C=O) groups is 1. The van der Waals surface area contributed by atoms with Crippen LogP contribution in [0.3, 0.4) is 0 Å². The Morgan fingerprint density at radius 2 is 1.82 bits per heavy atom. The molecule has 3 heteroatoms. The van der Waals surface area contributed by atoms with Gasteiger partial charge in [-0.05, 0) is 19.3 Å². The maximum atomic E-state index is 10.4. The van der Waals surface area contributed by atoms with Crippen LogP contribution < -0.4 is 0 Å². The molecule has 0 fully saturated rings. The largest absolute Gasteiger partial charge is 0.481 e. The zero-order valence-electron chi connectivity index (χ0n) is 7.24. The van der Waals surface area contributed by atoms with Gasteiger partial charge in [0.15, 0.2) is 0 Å². The second kappa shape index (κ2) is 4.34. The number of carboxylic acid groups (broad SMARTS) is 1. The first kappa shape index (κ1) is 10.4. The average Bonchev–Trinajstić information content (AvgIpc) is 1.87. The van der Waals surface area contributed by atoms with Gasteiger partial charge in [0.25, 0.3) is 0 Å². The van der Waals surface area contributed by atoms with Gasteiger partial charge in [-0.25, -0.2) is 0 Å². The lowest BCUT2D eigenvalue weighted by atomic mass is 9.94. The van der Waals surface area contributed by atoms with Gasteiger partial charge in [-0.15, -0.1) is 0 Å². The van der Waals surface area contributed by atoms with E-state index in [2.05, 4.69) is 0 Å². The molecule has 11 heavy (non-hydrogen) atoms. The first-order valence-corrected chi connectivity index (χ1v) is 3.86. The summed E-state index contributed by atoms with van der Waals surface area (Å²) >= 11 is 0. The van der Waals surface area contributed by atoms with Gasteiger partial charge < -0.3 is 10.2 Å². The third-order valence-corrected chi connectivity index (χ3v) is 1.97. The molecule has 0 spiro atoms. The molecule has 0 aromatic heterocycles. The fourth-order valence-corrected chi connectivity index (χ4v) is 0.855. The van der Waals surface area contributed by atoms with Gasteiger partial charge in [0, 0.05) is 0 Å². The maximum absolute atomic E-state index is 10.4. The highest BCUT2D eigenvalue weighted by Gasteiger charge is 2.17. The molecule has 0 unspecified atom stereocenters. The van der Waals surface area contributed by atoms with E-state index in [1.54, 1.807) is 13.8 Å². The van der Waals surface area contributed by atoms with Crippen LogP contribution in [0, 0.1) is 11.8 Å². The van der Waals surface area contributed by atoms with E-state index in [0.717, 1.165) is 0 Å². The number of hydrogen-bond acceptors (Lipinski definition) is 2. The van der Waals surface area contributed by atoms with Gasteiger partial charge in [-0.1, -0.05) is 13.8 Å². The summed E-state index contributed by atoms with van der Waals surface area (Å²) < 4.78 is 0. The molecule has 3 atom stereocenters. The second-order valence-corrected chi connectivity index (χ2v) is 3.19. The molecular formula is C8H16O3. The SMILES string of the molecule is C[C@@H](C[C@H](C)[C@@H](C)O)C(=O)O. The summed E-state index contributed by atoms with van der Waals surface area (Å²) in [6, 6.07) is 0. The van der Waals surface area contributed by atoms with Crippen LogP contribution in [-0.4, -0.2) is 22.3 Å². The van der Waals surface area contributed by atoms with Crippen molar-refractivity contribution in [2.75, 3.05) is 0 Å². The van der Waals surface area contributed by atoms with E-state index in [4.69, 9.17) is 10.2 Å². The minimum Gasteiger partial charge on any atom is -0.481 e. The Labute approximate surface area is 67.0 Å². The fourth-order valence-electron chi connectivity index (χ4n) is 0.855. The summed E-state index contributed by atoms with van der Waals surface area (Å²) in [7, 11) is 0. The first-order valence-electron chi connectivity index (χ1n) is 3.86. The summed E-state index contributed by atoms with van der Waals surface area (Å²) in [6.45, 7) is 5.19. The quantitative estimate of drug-likeness (QED) is 0.647. The zero-order chi connectivity index (χ0) is 9.02. The smallest absolute Gasteiger partial charge is 0.306 e. The Bertz CT molecular complexity index is 131. The number of rotatable bonds is 4. The predicted molar refractivity (Wildman–Crippen MR) is 42.3 cm³/mol. The van der Waals surface area contributed by atoms with E-state index >= 15 is 0 Å². The molecule has 0 aromatic carbocycles. The number of aliphatic hydroxyl groups excluding tert-OH is 1. The van der Waals surface area contributed by atoms with Crippen LogP contribution in [0.2, 0.25) is 0 Å². The van der Waals surface area contributed by atoms with Crippen LogP contribution in [0.25, 0.3) is 0 Å². The van der Waals surface area contributed by atoms with E-state index < -0.39 is 12.1 Å². The minimum absolute atomic E-state index is 0.0566. The van der Waals surface area contributed by atoms with Crippen LogP contribution in [0.5, 0.6) is 0 Å². The van der Waals surface area contributed by atoms with Crippen LogP contribution in [0.15, 0.2) is 0 Å². The van der Waals surface area contributed by atoms with E-state index in [0.29, 0.717) is 6.42 Å². The molecule has 0 aliphatic heterocycles. The number of hydrogen-bond donors (Lipinski definition) is 2. The number of carboxylic acids is 1. The van der Waals surface area contributed by atoms with Gasteiger partial charge in [-0.2, -0.15) is 0 Å². The van der Waals surface area contributed by atoms with Crippen LogP contribution >= 0.6 is 0 Å². The molecule has 3 nitrogen and oxygen atoms in total. The summed E-state index contributed by atoms with van der Waals surface area (Å²) in [5.74, 6) is -1.10. The van der Waals surface area contributed by atoms with Crippen LogP contribution in [0.4, 0.5) is 0 Å². The Morgan fingerprint density at radius 1 is 1.36 bits per heavy atom. The van der Waals surface area contributed by atoms with Crippen molar-refractivity contribution < 1.29 is 15.0 Å². The first-order chi connectivity index (χ1) is 4.95. The molecule has 2 N–H and O–H groups in total. The third kappa shape index (κ3) is 3.98. The molecule has 0 bridgehead atoms. The van der Waals surface area contributed by atoms with Gasteiger partial charge in [0.2, 0.25) is 0 Å². The lowest BCUT2D eigenvalue weighted by molar-refractivity contribution is -0.141. The highest BCUT2D eigenvalue weighted by Crippen LogP contribution is 2.14. The summed E-state index contributed by atoms with van der Waals surface area (Å²) in [5.41, 5.74) is 0. The lowest BCUT2D eigenvalue weighted by Gasteiger charge is -2.16. The third-order valence-electron chi connectivity index (χ3n) is 1.97. The van der Waals surface area contributed by atoms with Crippen molar-refractivity contribution in [2.24, 2.45) is 11.8 Å². The van der Waals surface area contributed by atoms with Gasteiger partial charge in [-0.3, -0.25) is 4.79 Å². The summed E-state index contributed by atoms with van der Waals surface area (Å²) in [4.78, 5) is 10.4. The second-order valence-electron chi connectivity index (χ2n) is 3.19. The number of aliphatic hydroxyl groups is 1. The lowest BCUT2D eigenvalue weighted by Crippen LogP contribution is -2.20. The summed E-state index contributed by atoms with van der Waals surface area (Å²) in [5, 5.41) is 17.6. The highest BCUT2D eigenvalue weighted by atomic mass is 16.4. The zero-order valence-corrected chi connectivity index (χ0v) is 7.24. The van der Waals surface area contributed by atoms with E-state index in [1.807, 2.05) is 6.92 Å². The van der Waals surface area contributed by atoms with E-state index in [-0.39, 0.29) is 11.8 Å². The Hall–Kier alpha value is -0.570. The molecule has 0 saturated heterocycles. The van der Waals surface area contributed by atoms with Crippen LogP contribution in [-0.2, 0) is 4.79 Å². The predicted octanol–water partition coefficient (Wildman–Crippen LogP) is 1.11. The van der Waals surface area contributed by atoms with Crippen molar-refractivity contribution in [1.29, 1.82) is 0 Å². The normalized spacial score (nSPS) is 18.9. The van der Waals surface area contributed by atoms with Crippen molar-refractivity contribution >= 4 is 5.97 Å². The van der Waals surface area contributed by atoms with Crippen molar-refractivity contribution in [2.45, 2.75) is 33.3 Å². The highest BCUT2D eigenvalue weighted by molar-refractivity contribution is 5.69. The fraction of sp³-hybridized carbons (Fsp3) is 0.875. The number of aliphatic carboxylic acids is 1. The molecule has 0 radical (unpaired) electrons. The van der Waals surface area contributed by atoms with Crippen molar-refractivity contribution in [3.63, 3.8) is 0 Å². The van der Waals surface area contributed by atoms with E-state index in [1.165, 1.54) is 0 Å². The molecular weight excluding hydrogens is 144 g/mol. The Morgan fingerprint density at radius 3 is 2.09 bits per heavy atom. The monoisotopic (exact) mass is 160 g/mol. The molecule has 66 valence electrons. The molecule has 0 aromatic rings. The minimum atomic E-state index is -0.794. The topological polar surface area (TPSA) is 57.5 Å². The van der Waals surface area contributed by atoms with Crippen molar-refractivity contribution in [1.82, 2.24) is 0 Å². The molecule has 0 aliphatic rings. The van der Waals surface area contributed by atoms with Crippen LogP contribution in [0.1, 0.15) is 27.2 Å². The standard InChI is InChI=1S/C8H16O3/c1-5(7(3)9)4-6(2)8(10)11/h5-7,9H,4H2,1-3H3,(H,10,11)/t5-,6-,7+/m0/s1. The molecule has 0 amide bonds. The van der Waals surface area contributed by atoms with E-state index in [9.17, 15) is 4.79 Å². The molecule has 0 heterocycles. The summed E-state index contributed by atoms with van der Waals surface area (Å²) in [6.07, 6.45) is 0.115. The van der Waals surface area contributed by atoms with Gasteiger partial charge in [0.05, 0.1) is 12.0 Å². The Kier molecular flexibility index (Phi) is 4.11. The van der Waals surface area contributed by atoms with Crippen molar-refractivity contribution in [3.05, 3.63) is 0 Å². The average molecular weight is 160 g/mol. The molecule has 0 aliphatic carbocycles. The molecule has 0 rings (SSSR count).